The summed E-state index contributed by atoms with van der Waals surface area (Å²) in [6, 6.07) is 29.1. The monoisotopic (exact) mass is 617 g/mol. The largest absolute Gasteiger partial charge is 0.0654 e. The molecular weight excluding hydrogens is 553 g/mol. The molecule has 4 aromatic carbocycles. The Kier molecular flexibility index (Phi) is 16.0. The van der Waals surface area contributed by atoms with Crippen LogP contribution in [0.2, 0.25) is 0 Å². The first kappa shape index (κ1) is 36.0. The summed E-state index contributed by atoms with van der Waals surface area (Å²) in [6.07, 6.45) is 25.8. The van der Waals surface area contributed by atoms with Crippen molar-refractivity contribution < 1.29 is 0 Å². The lowest BCUT2D eigenvalue weighted by Gasteiger charge is -2.16. The van der Waals surface area contributed by atoms with Crippen LogP contribution in [0.4, 0.5) is 0 Å². The van der Waals surface area contributed by atoms with Crippen LogP contribution in [0.5, 0.6) is 0 Å². The van der Waals surface area contributed by atoms with Crippen molar-refractivity contribution in [3.05, 3.63) is 95.1 Å². The minimum atomic E-state index is 1.19. The molecule has 0 nitrogen and oxygen atoms in total. The van der Waals surface area contributed by atoms with E-state index in [0.29, 0.717) is 0 Å². The summed E-state index contributed by atoms with van der Waals surface area (Å²) >= 11 is 0. The van der Waals surface area contributed by atoms with Crippen LogP contribution in [-0.2, 0) is 25.7 Å². The average Bonchev–Trinajstić information content (AvgIpc) is 3.08. The van der Waals surface area contributed by atoms with Gasteiger partial charge in [-0.15, -0.1) is 0 Å². The molecule has 4 rings (SSSR count). The van der Waals surface area contributed by atoms with Gasteiger partial charge in [-0.3, -0.25) is 0 Å². The molecule has 0 unspecified atom stereocenters. The first-order chi connectivity index (χ1) is 22.7. The average molecular weight is 617 g/mol. The first-order valence-electron chi connectivity index (χ1n) is 19.4. The summed E-state index contributed by atoms with van der Waals surface area (Å²) in [5, 5.41) is 2.77. The first-order valence-corrected chi connectivity index (χ1v) is 19.4. The quantitative estimate of drug-likeness (QED) is 0.0771. The summed E-state index contributed by atoms with van der Waals surface area (Å²) in [5.74, 6) is 0. The summed E-state index contributed by atoms with van der Waals surface area (Å²) in [6.45, 7) is 9.23. The third kappa shape index (κ3) is 11.1. The smallest absolute Gasteiger partial charge is 0.00992 e. The van der Waals surface area contributed by atoms with Crippen molar-refractivity contribution in [3.63, 3.8) is 0 Å². The molecule has 0 aliphatic carbocycles. The molecule has 248 valence electrons. The molecular formula is C46H64. The van der Waals surface area contributed by atoms with E-state index in [2.05, 4.69) is 100 Å². The number of unbranched alkanes of at least 4 members (excludes halogenated alkanes) is 12. The van der Waals surface area contributed by atoms with Gasteiger partial charge in [0, 0.05) is 0 Å². The lowest BCUT2D eigenvalue weighted by molar-refractivity contribution is 0.661. The van der Waals surface area contributed by atoms with Crippen molar-refractivity contribution >= 4 is 10.8 Å². The summed E-state index contributed by atoms with van der Waals surface area (Å²) in [4.78, 5) is 0. The van der Waals surface area contributed by atoms with Crippen LogP contribution >= 0.6 is 0 Å². The number of rotatable bonds is 22. The number of aryl methyl sites for hydroxylation is 4. The van der Waals surface area contributed by atoms with Crippen molar-refractivity contribution in [2.75, 3.05) is 0 Å². The zero-order valence-electron chi connectivity index (χ0n) is 30.1. The van der Waals surface area contributed by atoms with Crippen molar-refractivity contribution in [1.29, 1.82) is 0 Å². The van der Waals surface area contributed by atoms with E-state index in [1.54, 1.807) is 0 Å². The van der Waals surface area contributed by atoms with Gasteiger partial charge >= 0.3 is 0 Å². The fourth-order valence-corrected chi connectivity index (χ4v) is 7.25. The summed E-state index contributed by atoms with van der Waals surface area (Å²) in [7, 11) is 0. The Morgan fingerprint density at radius 3 is 0.913 bits per heavy atom. The molecule has 0 fully saturated rings. The highest BCUT2D eigenvalue weighted by molar-refractivity contribution is 6.04. The van der Waals surface area contributed by atoms with Gasteiger partial charge in [0.15, 0.2) is 0 Å². The number of hydrogen-bond donors (Lipinski definition) is 0. The standard InChI is InChI=1S/C46H64/c1-5-9-13-17-23-37-31-38(24-18-14-10-6-2)34-41(33-37)43-27-21-30-46-44(28-22-29-45(43)46)42-35-39(25-19-15-11-7-3)32-40(36-42)26-20-16-12-8-4/h21-22,27-36H,5-20,23-26H2,1-4H3. The molecule has 46 heavy (non-hydrogen) atoms. The van der Waals surface area contributed by atoms with Crippen LogP contribution in [0, 0.1) is 0 Å². The van der Waals surface area contributed by atoms with Crippen molar-refractivity contribution in [2.45, 2.75) is 156 Å². The van der Waals surface area contributed by atoms with Crippen molar-refractivity contribution in [1.82, 2.24) is 0 Å². The molecule has 0 aliphatic rings. The Morgan fingerprint density at radius 2 is 0.630 bits per heavy atom. The van der Waals surface area contributed by atoms with E-state index in [1.165, 1.54) is 184 Å². The molecule has 0 aromatic heterocycles. The van der Waals surface area contributed by atoms with Gasteiger partial charge in [-0.25, -0.2) is 0 Å². The maximum Gasteiger partial charge on any atom is -0.00992 e. The maximum absolute atomic E-state index is 2.52. The molecule has 4 aromatic rings. The summed E-state index contributed by atoms with van der Waals surface area (Å²) in [5.41, 5.74) is 11.7. The number of hydrogen-bond acceptors (Lipinski definition) is 0. The maximum atomic E-state index is 2.52. The lowest BCUT2D eigenvalue weighted by atomic mass is 9.89. The highest BCUT2D eigenvalue weighted by atomic mass is 14.2. The summed E-state index contributed by atoms with van der Waals surface area (Å²) < 4.78 is 0. The molecule has 0 aliphatic heterocycles. The number of fused-ring (bicyclic) bond motifs is 1. The predicted molar refractivity (Wildman–Crippen MR) is 206 cm³/mol. The molecule has 0 bridgehead atoms. The van der Waals surface area contributed by atoms with E-state index in [0.717, 1.165) is 0 Å². The molecule has 0 saturated heterocycles. The van der Waals surface area contributed by atoms with Crippen LogP contribution < -0.4 is 0 Å². The topological polar surface area (TPSA) is 0 Å². The molecule has 0 atom stereocenters. The van der Waals surface area contributed by atoms with Crippen LogP contribution in [0.1, 0.15) is 153 Å². The van der Waals surface area contributed by atoms with Gasteiger partial charge in [0.2, 0.25) is 0 Å². The van der Waals surface area contributed by atoms with Gasteiger partial charge < -0.3 is 0 Å². The van der Waals surface area contributed by atoms with E-state index in [1.807, 2.05) is 0 Å². The van der Waals surface area contributed by atoms with E-state index >= 15 is 0 Å². The van der Waals surface area contributed by atoms with Gasteiger partial charge in [-0.05, 0) is 107 Å². The fourth-order valence-electron chi connectivity index (χ4n) is 7.25. The molecule has 0 spiro atoms. The van der Waals surface area contributed by atoms with E-state index in [-0.39, 0.29) is 0 Å². The van der Waals surface area contributed by atoms with Crippen LogP contribution in [0.25, 0.3) is 33.0 Å². The molecule has 0 saturated carbocycles. The third-order valence-corrected chi connectivity index (χ3v) is 9.93. The Labute approximate surface area is 283 Å². The van der Waals surface area contributed by atoms with Gasteiger partial charge in [0.25, 0.3) is 0 Å². The van der Waals surface area contributed by atoms with Crippen LogP contribution in [0.3, 0.4) is 0 Å². The number of benzene rings is 4. The Bertz CT molecular complexity index is 1270. The molecule has 0 heterocycles. The third-order valence-electron chi connectivity index (χ3n) is 9.93. The predicted octanol–water partition coefficient (Wildman–Crippen LogP) is 14.7. The fraction of sp³-hybridized carbons (Fsp3) is 0.522. The van der Waals surface area contributed by atoms with Crippen LogP contribution in [0.15, 0.2) is 72.8 Å². The highest BCUT2D eigenvalue weighted by Gasteiger charge is 2.12. The van der Waals surface area contributed by atoms with Crippen LogP contribution in [-0.4, -0.2) is 0 Å². The zero-order chi connectivity index (χ0) is 32.4. The van der Waals surface area contributed by atoms with E-state index < -0.39 is 0 Å². The highest BCUT2D eigenvalue weighted by Crippen LogP contribution is 2.37. The molecule has 0 radical (unpaired) electrons. The lowest BCUT2D eigenvalue weighted by Crippen LogP contribution is -1.95. The van der Waals surface area contributed by atoms with Gasteiger partial charge in [-0.1, -0.05) is 178 Å². The molecule has 0 amide bonds. The minimum absolute atomic E-state index is 1.19. The SMILES string of the molecule is CCCCCCc1cc(CCCCCC)cc(-c2cccc3c(-c4cc(CCCCCC)cc(CCCCCC)c4)cccc23)c1. The normalized spacial score (nSPS) is 11.5. The van der Waals surface area contributed by atoms with Gasteiger partial charge in [0.05, 0.1) is 0 Å². The van der Waals surface area contributed by atoms with Crippen molar-refractivity contribution in [2.24, 2.45) is 0 Å². The molecule has 0 N–H and O–H groups in total. The second-order valence-corrected chi connectivity index (χ2v) is 14.0. The van der Waals surface area contributed by atoms with E-state index in [4.69, 9.17) is 0 Å². The Hall–Kier alpha value is -2.86. The second-order valence-electron chi connectivity index (χ2n) is 14.0. The van der Waals surface area contributed by atoms with Crippen molar-refractivity contribution in [3.8, 4) is 22.3 Å². The van der Waals surface area contributed by atoms with Gasteiger partial charge in [0.1, 0.15) is 0 Å². The Morgan fingerprint density at radius 1 is 0.326 bits per heavy atom. The van der Waals surface area contributed by atoms with E-state index in [9.17, 15) is 0 Å². The minimum Gasteiger partial charge on any atom is -0.0654 e. The second kappa shape index (κ2) is 20.4. The zero-order valence-corrected chi connectivity index (χ0v) is 30.1. The van der Waals surface area contributed by atoms with Gasteiger partial charge in [-0.2, -0.15) is 0 Å². The molecule has 0 heteroatoms. The Balaban J connectivity index is 1.71.